The van der Waals surface area contributed by atoms with Gasteiger partial charge in [0, 0.05) is 41.7 Å². The van der Waals surface area contributed by atoms with Crippen LogP contribution < -0.4 is 10.2 Å². The smallest absolute Gasteiger partial charge is 0.341 e. The lowest BCUT2D eigenvalue weighted by atomic mass is 10.1. The van der Waals surface area contributed by atoms with Crippen LogP contribution in [0.1, 0.15) is 36.8 Å². The molecule has 1 aromatic carbocycles. The molecule has 0 saturated carbocycles. The molecule has 6 nitrogen and oxygen atoms in total. The number of carbonyl (C=O) groups is 1. The van der Waals surface area contributed by atoms with Gasteiger partial charge in [0.25, 0.3) is 0 Å². The van der Waals surface area contributed by atoms with Gasteiger partial charge in [-0.3, -0.25) is 0 Å². The summed E-state index contributed by atoms with van der Waals surface area (Å²) in [5.74, 6) is -0.403. The second kappa shape index (κ2) is 8.69. The number of rotatable bonds is 7. The van der Waals surface area contributed by atoms with E-state index in [1.807, 2.05) is 31.2 Å². The number of benzene rings is 1. The summed E-state index contributed by atoms with van der Waals surface area (Å²) >= 11 is 0. The second-order valence-corrected chi connectivity index (χ2v) is 6.44. The van der Waals surface area contributed by atoms with Gasteiger partial charge in [-0.25, -0.2) is 14.8 Å². The number of nitrogens with zero attached hydrogens (tertiary/aromatic N) is 3. The third kappa shape index (κ3) is 4.06. The molecule has 0 unspecified atom stereocenters. The van der Waals surface area contributed by atoms with Crippen molar-refractivity contribution in [1.82, 2.24) is 9.97 Å². The molecular weight excluding hydrogens is 352 g/mol. The molecule has 2 aromatic heterocycles. The first-order valence-electron chi connectivity index (χ1n) is 9.62. The molecule has 1 N–H and O–H groups in total. The Morgan fingerprint density at radius 2 is 1.79 bits per heavy atom. The number of aromatic nitrogens is 2. The van der Waals surface area contributed by atoms with E-state index in [2.05, 4.69) is 46.2 Å². The molecular formula is C22H26N4O2. The van der Waals surface area contributed by atoms with Gasteiger partial charge in [0.1, 0.15) is 5.56 Å². The maximum absolute atomic E-state index is 12.5. The molecule has 0 atom stereocenters. The minimum atomic E-state index is -0.403. The van der Waals surface area contributed by atoms with E-state index in [9.17, 15) is 4.79 Å². The molecule has 146 valence electrons. The van der Waals surface area contributed by atoms with E-state index in [-0.39, 0.29) is 0 Å². The highest BCUT2D eigenvalue weighted by Crippen LogP contribution is 2.30. The van der Waals surface area contributed by atoms with Gasteiger partial charge < -0.3 is 15.0 Å². The zero-order valence-corrected chi connectivity index (χ0v) is 16.8. The van der Waals surface area contributed by atoms with Crippen molar-refractivity contribution in [3.05, 3.63) is 53.9 Å². The van der Waals surface area contributed by atoms with Gasteiger partial charge in [0.05, 0.1) is 12.3 Å². The molecule has 3 rings (SSSR count). The minimum absolute atomic E-state index is 0.307. The Morgan fingerprint density at radius 1 is 1.07 bits per heavy atom. The molecule has 0 radical (unpaired) electrons. The number of fused-ring (bicyclic) bond motifs is 1. The number of hydrogen-bond acceptors (Lipinski definition) is 6. The third-order valence-electron chi connectivity index (χ3n) is 4.63. The van der Waals surface area contributed by atoms with Gasteiger partial charge in [-0.15, -0.1) is 0 Å². The number of ether oxygens (including phenoxy) is 1. The third-order valence-corrected chi connectivity index (χ3v) is 4.63. The molecule has 0 aliphatic rings. The Labute approximate surface area is 165 Å². The van der Waals surface area contributed by atoms with Crippen molar-refractivity contribution in [3.63, 3.8) is 0 Å². The summed E-state index contributed by atoms with van der Waals surface area (Å²) in [5, 5.41) is 4.16. The van der Waals surface area contributed by atoms with Crippen LogP contribution in [0, 0.1) is 6.92 Å². The number of esters is 1. The second-order valence-electron chi connectivity index (χ2n) is 6.44. The van der Waals surface area contributed by atoms with Gasteiger partial charge in [-0.1, -0.05) is 0 Å². The van der Waals surface area contributed by atoms with E-state index in [0.29, 0.717) is 23.5 Å². The maximum Gasteiger partial charge on any atom is 0.341 e. The summed E-state index contributed by atoms with van der Waals surface area (Å²) in [6.45, 7) is 10.2. The highest BCUT2D eigenvalue weighted by Gasteiger charge is 2.17. The van der Waals surface area contributed by atoms with Gasteiger partial charge in [0.2, 0.25) is 0 Å². The summed E-state index contributed by atoms with van der Waals surface area (Å²) in [5.41, 5.74) is 4.57. The van der Waals surface area contributed by atoms with Crippen molar-refractivity contribution in [1.29, 1.82) is 0 Å². The zero-order chi connectivity index (χ0) is 20.1. The lowest BCUT2D eigenvalue weighted by Gasteiger charge is -2.21. The molecule has 28 heavy (non-hydrogen) atoms. The summed E-state index contributed by atoms with van der Waals surface area (Å²) in [6.07, 6.45) is 1.53. The fourth-order valence-corrected chi connectivity index (χ4v) is 3.16. The van der Waals surface area contributed by atoms with Crippen molar-refractivity contribution in [2.75, 3.05) is 29.9 Å². The number of aryl methyl sites for hydroxylation is 1. The Kier molecular flexibility index (Phi) is 6.09. The van der Waals surface area contributed by atoms with E-state index >= 15 is 0 Å². The fraction of sp³-hybridized carbons (Fsp3) is 0.318. The number of pyridine rings is 2. The number of carbonyl (C=O) groups excluding carboxylic acids is 1. The summed E-state index contributed by atoms with van der Waals surface area (Å²) < 4.78 is 5.21. The zero-order valence-electron chi connectivity index (χ0n) is 16.8. The molecule has 0 aliphatic carbocycles. The molecule has 0 fully saturated rings. The normalized spacial score (nSPS) is 10.7. The number of hydrogen-bond donors (Lipinski definition) is 1. The monoisotopic (exact) mass is 378 g/mol. The van der Waals surface area contributed by atoms with Crippen molar-refractivity contribution < 1.29 is 9.53 Å². The molecule has 3 aromatic rings. The largest absolute Gasteiger partial charge is 0.462 e. The SMILES string of the molecule is CCOC(=O)c1cnc2nc(C)ccc2c1Nc1ccc(N(CC)CC)cc1. The summed E-state index contributed by atoms with van der Waals surface area (Å²) in [6, 6.07) is 12.0. The van der Waals surface area contributed by atoms with Crippen molar-refractivity contribution in [2.24, 2.45) is 0 Å². The molecule has 0 spiro atoms. The lowest BCUT2D eigenvalue weighted by Crippen LogP contribution is -2.21. The summed E-state index contributed by atoms with van der Waals surface area (Å²) in [7, 11) is 0. The van der Waals surface area contributed by atoms with E-state index in [4.69, 9.17) is 4.74 Å². The van der Waals surface area contributed by atoms with E-state index < -0.39 is 5.97 Å². The van der Waals surface area contributed by atoms with E-state index in [1.54, 1.807) is 6.92 Å². The lowest BCUT2D eigenvalue weighted by molar-refractivity contribution is 0.0527. The van der Waals surface area contributed by atoms with Crippen LogP contribution in [0.15, 0.2) is 42.6 Å². The van der Waals surface area contributed by atoms with Crippen LogP contribution in [0.25, 0.3) is 11.0 Å². The Balaban J connectivity index is 2.02. The van der Waals surface area contributed by atoms with Crippen LogP contribution in [0.2, 0.25) is 0 Å². The van der Waals surface area contributed by atoms with Crippen LogP contribution in [0.3, 0.4) is 0 Å². The van der Waals surface area contributed by atoms with Crippen molar-refractivity contribution in [2.45, 2.75) is 27.7 Å². The molecule has 0 aliphatic heterocycles. The molecule has 2 heterocycles. The van der Waals surface area contributed by atoms with Gasteiger partial charge >= 0.3 is 5.97 Å². The van der Waals surface area contributed by atoms with Gasteiger partial charge in [0.15, 0.2) is 5.65 Å². The topological polar surface area (TPSA) is 67.3 Å². The number of anilines is 3. The molecule has 0 amide bonds. The average molecular weight is 378 g/mol. The Hall–Kier alpha value is -3.15. The standard InChI is InChI=1S/C22H26N4O2/c1-5-26(6-2)17-11-9-16(10-12-17)25-20-18-13-8-15(4)24-21(18)23-14-19(20)22(27)28-7-3/h8-14H,5-7H2,1-4H3,(H,23,24,25). The van der Waals surface area contributed by atoms with E-state index in [0.717, 1.165) is 35.5 Å². The van der Waals surface area contributed by atoms with Crippen LogP contribution in [-0.2, 0) is 4.74 Å². The summed E-state index contributed by atoms with van der Waals surface area (Å²) in [4.78, 5) is 23.6. The van der Waals surface area contributed by atoms with Crippen molar-refractivity contribution >= 4 is 34.1 Å². The van der Waals surface area contributed by atoms with Crippen LogP contribution in [-0.4, -0.2) is 35.6 Å². The average Bonchev–Trinajstić information content (AvgIpc) is 2.70. The van der Waals surface area contributed by atoms with Crippen LogP contribution in [0.5, 0.6) is 0 Å². The first-order valence-corrected chi connectivity index (χ1v) is 9.62. The molecule has 6 heteroatoms. The molecule has 0 saturated heterocycles. The van der Waals surface area contributed by atoms with Crippen molar-refractivity contribution in [3.8, 4) is 0 Å². The Morgan fingerprint density at radius 3 is 2.43 bits per heavy atom. The maximum atomic E-state index is 12.5. The quantitative estimate of drug-likeness (QED) is 0.601. The molecule has 0 bridgehead atoms. The Bertz CT molecular complexity index is 966. The minimum Gasteiger partial charge on any atom is -0.462 e. The highest BCUT2D eigenvalue weighted by molar-refractivity contribution is 6.05. The highest BCUT2D eigenvalue weighted by atomic mass is 16.5. The number of nitrogens with one attached hydrogen (secondary N) is 1. The first kappa shape index (κ1) is 19.6. The van der Waals surface area contributed by atoms with Crippen LogP contribution in [0.4, 0.5) is 17.1 Å². The first-order chi connectivity index (χ1) is 13.6. The fourth-order valence-electron chi connectivity index (χ4n) is 3.16. The van der Waals surface area contributed by atoms with Gasteiger partial charge in [-0.2, -0.15) is 0 Å². The van der Waals surface area contributed by atoms with Gasteiger partial charge in [-0.05, 0) is 64.1 Å². The predicted octanol–water partition coefficient (Wildman–Crippen LogP) is 4.70. The predicted molar refractivity (Wildman–Crippen MR) is 114 cm³/mol. The van der Waals surface area contributed by atoms with Crippen LogP contribution >= 0.6 is 0 Å². The van der Waals surface area contributed by atoms with E-state index in [1.165, 1.54) is 6.20 Å².